The fraction of sp³-hybridized carbons (Fsp3) is 0.688. The monoisotopic (exact) mass is 309 g/mol. The molecule has 124 valence electrons. The Morgan fingerprint density at radius 3 is 2.41 bits per heavy atom. The fourth-order valence-electron chi connectivity index (χ4n) is 3.08. The highest BCUT2D eigenvalue weighted by molar-refractivity contribution is 5.92. The van der Waals surface area contributed by atoms with Gasteiger partial charge in [-0.05, 0) is 40.7 Å². The maximum absolute atomic E-state index is 12.4. The molecule has 1 aliphatic heterocycles. The fourth-order valence-corrected chi connectivity index (χ4v) is 3.08. The number of piperazine rings is 1. The molecule has 6 heteroatoms. The molecule has 0 unspecified atom stereocenters. The molecular weight excluding hydrogens is 282 g/mol. The smallest absolute Gasteiger partial charge is 0.246 e. The van der Waals surface area contributed by atoms with Crippen LogP contribution in [-0.2, 0) is 14.4 Å². The second kappa shape index (κ2) is 6.94. The van der Waals surface area contributed by atoms with Gasteiger partial charge in [-0.2, -0.15) is 0 Å². The van der Waals surface area contributed by atoms with Crippen LogP contribution in [0.2, 0.25) is 0 Å². The van der Waals surface area contributed by atoms with E-state index in [9.17, 15) is 14.4 Å². The lowest BCUT2D eigenvalue weighted by Gasteiger charge is -2.49. The zero-order chi connectivity index (χ0) is 17.1. The standard InChI is InChI=1S/C16H27N3O3/c1-7-13(20)17(8-2)9-14(21)18-10-15(22)19(12(3)4)16(5,6)11-18/h7,12H,1,8-11H2,2-6H3. The lowest BCUT2D eigenvalue weighted by Crippen LogP contribution is -2.65. The summed E-state index contributed by atoms with van der Waals surface area (Å²) in [6.45, 7) is 14.0. The molecule has 6 nitrogen and oxygen atoms in total. The van der Waals surface area contributed by atoms with Gasteiger partial charge in [-0.25, -0.2) is 0 Å². The van der Waals surface area contributed by atoms with E-state index < -0.39 is 5.54 Å². The van der Waals surface area contributed by atoms with E-state index in [1.165, 1.54) is 11.0 Å². The predicted molar refractivity (Wildman–Crippen MR) is 85.1 cm³/mol. The maximum atomic E-state index is 12.4. The third-order valence-corrected chi connectivity index (χ3v) is 3.89. The van der Waals surface area contributed by atoms with E-state index in [0.29, 0.717) is 13.1 Å². The molecule has 0 radical (unpaired) electrons. The van der Waals surface area contributed by atoms with Gasteiger partial charge in [0.15, 0.2) is 0 Å². The average Bonchev–Trinajstić information content (AvgIpc) is 2.41. The molecule has 22 heavy (non-hydrogen) atoms. The topological polar surface area (TPSA) is 60.9 Å². The van der Waals surface area contributed by atoms with Crippen LogP contribution in [-0.4, -0.2) is 70.2 Å². The highest BCUT2D eigenvalue weighted by atomic mass is 16.2. The Morgan fingerprint density at radius 1 is 1.41 bits per heavy atom. The van der Waals surface area contributed by atoms with Crippen molar-refractivity contribution in [2.75, 3.05) is 26.2 Å². The highest BCUT2D eigenvalue weighted by Gasteiger charge is 2.41. The van der Waals surface area contributed by atoms with Crippen LogP contribution in [0.5, 0.6) is 0 Å². The predicted octanol–water partition coefficient (Wildman–Crippen LogP) is 0.879. The normalized spacial score (nSPS) is 17.6. The van der Waals surface area contributed by atoms with E-state index >= 15 is 0 Å². The molecule has 0 saturated carbocycles. The quantitative estimate of drug-likeness (QED) is 0.708. The molecule has 0 bridgehead atoms. The minimum Gasteiger partial charge on any atom is -0.332 e. The van der Waals surface area contributed by atoms with E-state index in [1.807, 2.05) is 32.6 Å². The average molecular weight is 309 g/mol. The molecule has 1 heterocycles. The van der Waals surface area contributed by atoms with E-state index in [0.717, 1.165) is 0 Å². The number of rotatable bonds is 5. The molecule has 1 fully saturated rings. The molecule has 1 saturated heterocycles. The summed E-state index contributed by atoms with van der Waals surface area (Å²) in [5, 5.41) is 0. The van der Waals surface area contributed by atoms with Crippen LogP contribution in [0.25, 0.3) is 0 Å². The van der Waals surface area contributed by atoms with Gasteiger partial charge in [0.1, 0.15) is 6.54 Å². The van der Waals surface area contributed by atoms with Gasteiger partial charge in [-0.1, -0.05) is 6.58 Å². The Morgan fingerprint density at radius 2 is 2.00 bits per heavy atom. The number of nitrogens with zero attached hydrogens (tertiary/aromatic N) is 3. The molecule has 1 rings (SSSR count). The van der Waals surface area contributed by atoms with Crippen LogP contribution in [0.3, 0.4) is 0 Å². The Balaban J connectivity index is 2.82. The minimum absolute atomic E-state index is 0.0214. The molecule has 0 spiro atoms. The summed E-state index contributed by atoms with van der Waals surface area (Å²) >= 11 is 0. The minimum atomic E-state index is -0.418. The van der Waals surface area contributed by atoms with E-state index in [2.05, 4.69) is 6.58 Å². The van der Waals surface area contributed by atoms with Crippen molar-refractivity contribution >= 4 is 17.7 Å². The van der Waals surface area contributed by atoms with Crippen molar-refractivity contribution in [3.8, 4) is 0 Å². The molecule has 0 aromatic rings. The van der Waals surface area contributed by atoms with Crippen LogP contribution < -0.4 is 0 Å². The molecule has 0 N–H and O–H groups in total. The number of carbonyl (C=O) groups excluding carboxylic acids is 3. The van der Waals surface area contributed by atoms with Crippen molar-refractivity contribution in [1.82, 2.24) is 14.7 Å². The van der Waals surface area contributed by atoms with Gasteiger partial charge < -0.3 is 14.7 Å². The van der Waals surface area contributed by atoms with Gasteiger partial charge in [0.2, 0.25) is 17.7 Å². The highest BCUT2D eigenvalue weighted by Crippen LogP contribution is 2.24. The van der Waals surface area contributed by atoms with Crippen molar-refractivity contribution < 1.29 is 14.4 Å². The maximum Gasteiger partial charge on any atom is 0.246 e. The number of carbonyl (C=O) groups is 3. The van der Waals surface area contributed by atoms with Crippen LogP contribution in [0.15, 0.2) is 12.7 Å². The van der Waals surface area contributed by atoms with E-state index in [-0.39, 0.29) is 36.9 Å². The van der Waals surface area contributed by atoms with Gasteiger partial charge >= 0.3 is 0 Å². The van der Waals surface area contributed by atoms with Crippen LogP contribution in [0.1, 0.15) is 34.6 Å². The first-order chi connectivity index (χ1) is 10.1. The number of amides is 3. The lowest BCUT2D eigenvalue weighted by molar-refractivity contribution is -0.156. The first kappa shape index (κ1) is 18.2. The third-order valence-electron chi connectivity index (χ3n) is 3.89. The van der Waals surface area contributed by atoms with Gasteiger partial charge in [0, 0.05) is 19.1 Å². The summed E-state index contributed by atoms with van der Waals surface area (Å²) in [5.74, 6) is -0.540. The molecule has 0 atom stereocenters. The van der Waals surface area contributed by atoms with Gasteiger partial charge in [-0.3, -0.25) is 14.4 Å². The van der Waals surface area contributed by atoms with Crippen molar-refractivity contribution in [3.05, 3.63) is 12.7 Å². The summed E-state index contributed by atoms with van der Waals surface area (Å²) in [4.78, 5) is 41.2. The molecule has 0 aromatic heterocycles. The Labute approximate surface area is 132 Å². The van der Waals surface area contributed by atoms with E-state index in [1.54, 1.807) is 11.8 Å². The SMILES string of the molecule is C=CC(=O)N(CC)CC(=O)N1CC(=O)N(C(C)C)C(C)(C)C1. The Hall–Kier alpha value is -1.85. The number of likely N-dealkylation sites (N-methyl/N-ethyl adjacent to an activating group) is 1. The van der Waals surface area contributed by atoms with Crippen LogP contribution in [0.4, 0.5) is 0 Å². The third kappa shape index (κ3) is 3.87. The molecule has 0 aliphatic carbocycles. The molecule has 3 amide bonds. The number of hydrogen-bond donors (Lipinski definition) is 0. The van der Waals surface area contributed by atoms with Crippen molar-refractivity contribution in [3.63, 3.8) is 0 Å². The van der Waals surface area contributed by atoms with Gasteiger partial charge in [0.05, 0.1) is 12.1 Å². The summed E-state index contributed by atoms with van der Waals surface area (Å²) in [6.07, 6.45) is 1.20. The lowest BCUT2D eigenvalue weighted by atomic mass is 9.96. The number of hydrogen-bond acceptors (Lipinski definition) is 3. The molecule has 1 aliphatic rings. The molecule has 0 aromatic carbocycles. The largest absolute Gasteiger partial charge is 0.332 e. The van der Waals surface area contributed by atoms with Crippen molar-refractivity contribution in [1.29, 1.82) is 0 Å². The van der Waals surface area contributed by atoms with E-state index in [4.69, 9.17) is 0 Å². The summed E-state index contributed by atoms with van der Waals surface area (Å²) in [6, 6.07) is 0.0919. The van der Waals surface area contributed by atoms with Crippen LogP contribution in [0, 0.1) is 0 Å². The summed E-state index contributed by atoms with van der Waals surface area (Å²) in [5.41, 5.74) is -0.418. The Bertz CT molecular complexity index is 471. The van der Waals surface area contributed by atoms with Crippen LogP contribution >= 0.6 is 0 Å². The zero-order valence-corrected chi connectivity index (χ0v) is 14.3. The van der Waals surface area contributed by atoms with Gasteiger partial charge in [0.25, 0.3) is 0 Å². The van der Waals surface area contributed by atoms with Crippen molar-refractivity contribution in [2.45, 2.75) is 46.2 Å². The molecular formula is C16H27N3O3. The zero-order valence-electron chi connectivity index (χ0n) is 14.3. The first-order valence-electron chi connectivity index (χ1n) is 7.65. The Kier molecular flexibility index (Phi) is 5.74. The van der Waals surface area contributed by atoms with Crippen molar-refractivity contribution in [2.24, 2.45) is 0 Å². The summed E-state index contributed by atoms with van der Waals surface area (Å²) < 4.78 is 0. The second-order valence-electron chi connectivity index (χ2n) is 6.48. The van der Waals surface area contributed by atoms with Gasteiger partial charge in [-0.15, -0.1) is 0 Å². The first-order valence-corrected chi connectivity index (χ1v) is 7.65. The summed E-state index contributed by atoms with van der Waals surface area (Å²) in [7, 11) is 0. The second-order valence-corrected chi connectivity index (χ2v) is 6.48.